The molecule has 1 aliphatic carbocycles. The standard InChI is InChI=1S/C17H22FNO3/c1-11(16(20)21)15(12-5-6-12)13-3-2-4-14(7-13)22-10-17(18)8-19-9-17/h2-4,7,11-12,15,19H,5-6,8-10H2,1H3,(H,20,21). The van der Waals surface area contributed by atoms with E-state index in [0.717, 1.165) is 18.4 Å². The van der Waals surface area contributed by atoms with Gasteiger partial charge in [-0.3, -0.25) is 4.79 Å². The van der Waals surface area contributed by atoms with E-state index in [1.165, 1.54) is 0 Å². The molecule has 2 fully saturated rings. The fourth-order valence-electron chi connectivity index (χ4n) is 3.10. The van der Waals surface area contributed by atoms with E-state index >= 15 is 0 Å². The highest BCUT2D eigenvalue weighted by atomic mass is 19.1. The van der Waals surface area contributed by atoms with E-state index in [0.29, 0.717) is 24.8 Å². The van der Waals surface area contributed by atoms with E-state index in [-0.39, 0.29) is 12.5 Å². The summed E-state index contributed by atoms with van der Waals surface area (Å²) in [6, 6.07) is 7.48. The van der Waals surface area contributed by atoms with Gasteiger partial charge in [-0.15, -0.1) is 0 Å². The van der Waals surface area contributed by atoms with Crippen molar-refractivity contribution in [1.29, 1.82) is 0 Å². The second-order valence-corrected chi connectivity index (χ2v) is 6.61. The first-order valence-corrected chi connectivity index (χ1v) is 7.84. The Bertz CT molecular complexity index is 555. The molecule has 0 amide bonds. The van der Waals surface area contributed by atoms with Crippen LogP contribution in [0.4, 0.5) is 4.39 Å². The maximum atomic E-state index is 14.0. The van der Waals surface area contributed by atoms with Crippen LogP contribution in [0.1, 0.15) is 31.2 Å². The number of ether oxygens (including phenoxy) is 1. The summed E-state index contributed by atoms with van der Waals surface area (Å²) in [7, 11) is 0. The summed E-state index contributed by atoms with van der Waals surface area (Å²) < 4.78 is 19.5. The third-order valence-corrected chi connectivity index (χ3v) is 4.68. The molecule has 0 bridgehead atoms. The van der Waals surface area contributed by atoms with E-state index in [9.17, 15) is 14.3 Å². The first kappa shape index (κ1) is 15.3. The minimum absolute atomic E-state index is 0.00533. The zero-order chi connectivity index (χ0) is 15.7. The van der Waals surface area contributed by atoms with Crippen molar-refractivity contribution in [3.05, 3.63) is 29.8 Å². The fraction of sp³-hybridized carbons (Fsp3) is 0.588. The van der Waals surface area contributed by atoms with Gasteiger partial charge >= 0.3 is 5.97 Å². The third-order valence-electron chi connectivity index (χ3n) is 4.68. The number of carbonyl (C=O) groups is 1. The van der Waals surface area contributed by atoms with Gasteiger partial charge in [0, 0.05) is 13.1 Å². The minimum Gasteiger partial charge on any atom is -0.490 e. The molecule has 1 aliphatic heterocycles. The summed E-state index contributed by atoms with van der Waals surface area (Å²) in [5, 5.41) is 12.2. The number of alkyl halides is 1. The molecule has 2 aliphatic rings. The van der Waals surface area contributed by atoms with Crippen LogP contribution >= 0.6 is 0 Å². The van der Waals surface area contributed by atoms with Gasteiger partial charge in [-0.25, -0.2) is 4.39 Å². The van der Waals surface area contributed by atoms with E-state index in [1.54, 1.807) is 13.0 Å². The highest BCUT2D eigenvalue weighted by Crippen LogP contribution is 2.47. The Morgan fingerprint density at radius 3 is 2.77 bits per heavy atom. The van der Waals surface area contributed by atoms with Crippen molar-refractivity contribution in [2.75, 3.05) is 19.7 Å². The number of carboxylic acids is 1. The van der Waals surface area contributed by atoms with E-state index in [2.05, 4.69) is 5.32 Å². The fourth-order valence-corrected chi connectivity index (χ4v) is 3.10. The molecule has 5 heteroatoms. The Balaban J connectivity index is 1.72. The van der Waals surface area contributed by atoms with E-state index in [1.807, 2.05) is 18.2 Å². The van der Waals surface area contributed by atoms with E-state index in [4.69, 9.17) is 4.74 Å². The predicted octanol–water partition coefficient (Wildman–Crippen LogP) is 2.59. The Morgan fingerprint density at radius 2 is 2.23 bits per heavy atom. The van der Waals surface area contributed by atoms with Gasteiger partial charge in [-0.1, -0.05) is 19.1 Å². The zero-order valence-corrected chi connectivity index (χ0v) is 12.7. The normalized spacial score (nSPS) is 22.5. The molecule has 1 aromatic rings. The third kappa shape index (κ3) is 3.24. The van der Waals surface area contributed by atoms with E-state index < -0.39 is 17.6 Å². The topological polar surface area (TPSA) is 58.6 Å². The van der Waals surface area contributed by atoms with Crippen molar-refractivity contribution >= 4 is 5.97 Å². The van der Waals surface area contributed by atoms with Crippen molar-refractivity contribution in [2.45, 2.75) is 31.4 Å². The molecule has 1 saturated heterocycles. The van der Waals surface area contributed by atoms with Crippen LogP contribution in [0.15, 0.2) is 24.3 Å². The smallest absolute Gasteiger partial charge is 0.306 e. The van der Waals surface area contributed by atoms with Crippen LogP contribution in [0.5, 0.6) is 5.75 Å². The van der Waals surface area contributed by atoms with Crippen molar-refractivity contribution in [3.8, 4) is 5.75 Å². The molecule has 120 valence electrons. The van der Waals surface area contributed by atoms with Gasteiger partial charge < -0.3 is 15.2 Å². The average Bonchev–Trinajstić information content (AvgIpc) is 3.28. The highest BCUT2D eigenvalue weighted by Gasteiger charge is 2.39. The lowest BCUT2D eigenvalue weighted by Crippen LogP contribution is -2.59. The average molecular weight is 307 g/mol. The van der Waals surface area contributed by atoms with Crippen molar-refractivity contribution < 1.29 is 19.0 Å². The molecule has 0 radical (unpaired) electrons. The van der Waals surface area contributed by atoms with Crippen LogP contribution < -0.4 is 10.1 Å². The Labute approximate surface area is 129 Å². The van der Waals surface area contributed by atoms with Gasteiger partial charge in [0.05, 0.1) is 5.92 Å². The van der Waals surface area contributed by atoms with Gasteiger partial charge in [0.2, 0.25) is 0 Å². The van der Waals surface area contributed by atoms with Crippen LogP contribution in [-0.4, -0.2) is 36.4 Å². The molecule has 22 heavy (non-hydrogen) atoms. The monoisotopic (exact) mass is 307 g/mol. The van der Waals surface area contributed by atoms with Crippen LogP contribution in [0, 0.1) is 11.8 Å². The molecule has 2 N–H and O–H groups in total. The van der Waals surface area contributed by atoms with Gasteiger partial charge in [-0.05, 0) is 42.4 Å². The van der Waals surface area contributed by atoms with Crippen LogP contribution in [0.3, 0.4) is 0 Å². The lowest BCUT2D eigenvalue weighted by Gasteiger charge is -2.34. The van der Waals surface area contributed by atoms with Gasteiger partial charge in [0.15, 0.2) is 5.67 Å². The summed E-state index contributed by atoms with van der Waals surface area (Å²) in [5.41, 5.74) is -0.296. The lowest BCUT2D eigenvalue weighted by molar-refractivity contribution is -0.142. The maximum Gasteiger partial charge on any atom is 0.306 e. The Hall–Kier alpha value is -1.62. The van der Waals surface area contributed by atoms with Gasteiger partial charge in [-0.2, -0.15) is 0 Å². The molecular formula is C17H22FNO3. The quantitative estimate of drug-likeness (QED) is 0.813. The SMILES string of the molecule is CC(C(=O)O)C(c1cccc(OCC2(F)CNC2)c1)C1CC1. The summed E-state index contributed by atoms with van der Waals surface area (Å²) >= 11 is 0. The molecule has 1 aromatic carbocycles. The first-order chi connectivity index (χ1) is 10.5. The van der Waals surface area contributed by atoms with Crippen molar-refractivity contribution in [1.82, 2.24) is 5.32 Å². The molecule has 1 saturated carbocycles. The lowest BCUT2D eigenvalue weighted by atomic mass is 9.83. The van der Waals surface area contributed by atoms with Gasteiger partial charge in [0.1, 0.15) is 12.4 Å². The first-order valence-electron chi connectivity index (χ1n) is 7.84. The molecule has 1 heterocycles. The molecule has 2 unspecified atom stereocenters. The number of rotatable bonds is 7. The van der Waals surface area contributed by atoms with Gasteiger partial charge in [0.25, 0.3) is 0 Å². The molecule has 3 rings (SSSR count). The molecule has 4 nitrogen and oxygen atoms in total. The largest absolute Gasteiger partial charge is 0.490 e. The number of hydrogen-bond acceptors (Lipinski definition) is 3. The van der Waals surface area contributed by atoms with Crippen molar-refractivity contribution in [3.63, 3.8) is 0 Å². The summed E-state index contributed by atoms with van der Waals surface area (Å²) in [6.07, 6.45) is 2.15. The number of carboxylic acid groups (broad SMARTS) is 1. The number of halogens is 1. The van der Waals surface area contributed by atoms with Crippen molar-refractivity contribution in [2.24, 2.45) is 11.8 Å². The molecular weight excluding hydrogens is 285 g/mol. The second kappa shape index (κ2) is 5.88. The number of hydrogen-bond donors (Lipinski definition) is 2. The van der Waals surface area contributed by atoms with Crippen LogP contribution in [0.25, 0.3) is 0 Å². The predicted molar refractivity (Wildman–Crippen MR) is 80.9 cm³/mol. The maximum absolute atomic E-state index is 14.0. The molecule has 0 spiro atoms. The summed E-state index contributed by atoms with van der Waals surface area (Å²) in [5.74, 6) is -0.141. The number of nitrogens with one attached hydrogen (secondary N) is 1. The Morgan fingerprint density at radius 1 is 1.50 bits per heavy atom. The molecule has 0 aromatic heterocycles. The number of benzene rings is 1. The molecule has 2 atom stereocenters. The van der Waals surface area contributed by atoms with Crippen LogP contribution in [0.2, 0.25) is 0 Å². The zero-order valence-electron chi connectivity index (χ0n) is 12.7. The Kier molecular flexibility index (Phi) is 4.08. The van der Waals surface area contributed by atoms with Crippen LogP contribution in [-0.2, 0) is 4.79 Å². The number of aliphatic carboxylic acids is 1. The summed E-state index contributed by atoms with van der Waals surface area (Å²) in [6.45, 7) is 2.45. The second-order valence-electron chi connectivity index (χ2n) is 6.61. The minimum atomic E-state index is -1.28. The highest BCUT2D eigenvalue weighted by molar-refractivity contribution is 5.71. The summed E-state index contributed by atoms with van der Waals surface area (Å²) in [4.78, 5) is 11.3.